The first kappa shape index (κ1) is 9.76. The van der Waals surface area contributed by atoms with Gasteiger partial charge in [-0.25, -0.2) is 0 Å². The van der Waals surface area contributed by atoms with Crippen LogP contribution in [0.1, 0.15) is 50.2 Å². The van der Waals surface area contributed by atoms with Crippen LogP contribution in [-0.2, 0) is 6.42 Å². The van der Waals surface area contributed by atoms with E-state index in [4.69, 9.17) is 0 Å². The van der Waals surface area contributed by atoms with E-state index < -0.39 is 0 Å². The molecule has 0 atom stereocenters. The average molecular weight is 187 g/mol. The van der Waals surface area contributed by atoms with E-state index in [2.05, 4.69) is 31.2 Å². The van der Waals surface area contributed by atoms with Gasteiger partial charge in [-0.3, -0.25) is 0 Å². The van der Waals surface area contributed by atoms with Gasteiger partial charge in [-0.1, -0.05) is 44.0 Å². The molecule has 75 valence electrons. The fourth-order valence-corrected chi connectivity index (χ4v) is 2.36. The Balaban J connectivity index is 2.14. The van der Waals surface area contributed by atoms with Gasteiger partial charge >= 0.3 is 0 Å². The Morgan fingerprint density at radius 1 is 1.14 bits per heavy atom. The molecule has 0 heterocycles. The van der Waals surface area contributed by atoms with E-state index in [9.17, 15) is 0 Å². The van der Waals surface area contributed by atoms with Crippen LogP contribution in [0.4, 0.5) is 0 Å². The molecule has 1 aliphatic carbocycles. The number of rotatable bonds is 3. The number of benzene rings is 1. The highest BCUT2D eigenvalue weighted by molar-refractivity contribution is 5.40. The van der Waals surface area contributed by atoms with Gasteiger partial charge in [0.05, 0.1) is 0 Å². The lowest BCUT2D eigenvalue weighted by molar-refractivity contribution is 0.632. The zero-order valence-electron chi connectivity index (χ0n) is 9.05. The molecule has 1 radical (unpaired) electrons. The number of aryl methyl sites for hydroxylation is 1. The molecule has 2 rings (SSSR count). The maximum absolute atomic E-state index is 2.31. The Hall–Kier alpha value is -0.780. The molecule has 14 heavy (non-hydrogen) atoms. The normalized spacial score (nSPS) is 16.6. The molecule has 0 aliphatic heterocycles. The summed E-state index contributed by atoms with van der Waals surface area (Å²) in [6, 6.07) is 8.94. The van der Waals surface area contributed by atoms with Crippen LogP contribution < -0.4 is 0 Å². The van der Waals surface area contributed by atoms with Crippen LogP contribution in [0.2, 0.25) is 0 Å². The van der Waals surface area contributed by atoms with E-state index in [1.165, 1.54) is 38.5 Å². The van der Waals surface area contributed by atoms with Gasteiger partial charge in [0.2, 0.25) is 0 Å². The predicted molar refractivity (Wildman–Crippen MR) is 61.3 cm³/mol. The predicted octanol–water partition coefficient (Wildman–Crippen LogP) is 4.14. The molecule has 0 nitrogen and oxygen atoms in total. The molecule has 0 heteroatoms. The van der Waals surface area contributed by atoms with Crippen LogP contribution in [0, 0.1) is 5.92 Å². The quantitative estimate of drug-likeness (QED) is 0.667. The first-order valence-corrected chi connectivity index (χ1v) is 5.85. The highest BCUT2D eigenvalue weighted by atomic mass is 14.2. The molecule has 0 saturated heterocycles. The van der Waals surface area contributed by atoms with Gasteiger partial charge in [0.1, 0.15) is 0 Å². The zero-order valence-corrected chi connectivity index (χ0v) is 9.05. The van der Waals surface area contributed by atoms with Crippen molar-refractivity contribution in [1.29, 1.82) is 0 Å². The van der Waals surface area contributed by atoms with Crippen molar-refractivity contribution in [3.63, 3.8) is 0 Å². The Labute approximate surface area is 87.3 Å². The Bertz CT molecular complexity index is 288. The second-order valence-corrected chi connectivity index (χ2v) is 4.22. The molecule has 0 bridgehead atoms. The lowest BCUT2D eigenvalue weighted by Crippen LogP contribution is -2.10. The number of unbranched alkanes of at least 4 members (excludes halogenated alkanes) is 1. The summed E-state index contributed by atoms with van der Waals surface area (Å²) >= 11 is 0. The van der Waals surface area contributed by atoms with Crippen LogP contribution in [0.3, 0.4) is 0 Å². The monoisotopic (exact) mass is 187 g/mol. The number of hydrogen-bond acceptors (Lipinski definition) is 0. The molecule has 1 aromatic rings. The summed E-state index contributed by atoms with van der Waals surface area (Å²) in [7, 11) is 0. The summed E-state index contributed by atoms with van der Waals surface area (Å²) in [5, 5.41) is 0. The van der Waals surface area contributed by atoms with Gasteiger partial charge in [0, 0.05) is 5.92 Å². The SMILES string of the molecule is CCCC[C]1CCCc2ccccc21. The molecule has 0 amide bonds. The minimum Gasteiger partial charge on any atom is -0.0654 e. The molecule has 0 aromatic heterocycles. The third kappa shape index (κ3) is 2.00. The van der Waals surface area contributed by atoms with Crippen molar-refractivity contribution in [2.75, 3.05) is 0 Å². The first-order chi connectivity index (χ1) is 6.92. The molecule has 1 aliphatic rings. The molecule has 0 spiro atoms. The molecule has 1 aromatic carbocycles. The minimum atomic E-state index is 1.28. The van der Waals surface area contributed by atoms with Gasteiger partial charge < -0.3 is 0 Å². The summed E-state index contributed by atoms with van der Waals surface area (Å²) in [4.78, 5) is 0. The van der Waals surface area contributed by atoms with Crippen molar-refractivity contribution in [1.82, 2.24) is 0 Å². The highest BCUT2D eigenvalue weighted by Gasteiger charge is 2.19. The van der Waals surface area contributed by atoms with Crippen LogP contribution in [0.15, 0.2) is 24.3 Å². The summed E-state index contributed by atoms with van der Waals surface area (Å²) in [6.45, 7) is 2.27. The van der Waals surface area contributed by atoms with Gasteiger partial charge in [-0.15, -0.1) is 0 Å². The Morgan fingerprint density at radius 3 is 2.86 bits per heavy atom. The van der Waals surface area contributed by atoms with Crippen molar-refractivity contribution in [3.05, 3.63) is 41.3 Å². The van der Waals surface area contributed by atoms with E-state index in [-0.39, 0.29) is 0 Å². The largest absolute Gasteiger partial charge is 0.0654 e. The van der Waals surface area contributed by atoms with Crippen LogP contribution in [-0.4, -0.2) is 0 Å². The first-order valence-electron chi connectivity index (χ1n) is 5.85. The van der Waals surface area contributed by atoms with E-state index in [1.807, 2.05) is 0 Å². The third-order valence-electron chi connectivity index (χ3n) is 3.16. The van der Waals surface area contributed by atoms with E-state index in [0.717, 1.165) is 0 Å². The van der Waals surface area contributed by atoms with Crippen molar-refractivity contribution >= 4 is 0 Å². The van der Waals surface area contributed by atoms with E-state index in [0.29, 0.717) is 0 Å². The highest BCUT2D eigenvalue weighted by Crippen LogP contribution is 2.33. The molecule has 0 fully saturated rings. The summed E-state index contributed by atoms with van der Waals surface area (Å²) in [5.74, 6) is 1.70. The standard InChI is InChI=1S/C14H19/c1-2-3-7-12-9-6-10-13-8-4-5-11-14(12)13/h4-5,8,11H,2-3,6-7,9-10H2,1H3. The molecular weight excluding hydrogens is 168 g/mol. The second kappa shape index (κ2) is 4.63. The van der Waals surface area contributed by atoms with Gasteiger partial charge in [-0.05, 0) is 36.8 Å². The maximum atomic E-state index is 2.31. The zero-order chi connectivity index (χ0) is 9.80. The Kier molecular flexibility index (Phi) is 3.23. The molecule has 0 saturated carbocycles. The summed E-state index contributed by atoms with van der Waals surface area (Å²) in [5.41, 5.74) is 3.14. The van der Waals surface area contributed by atoms with E-state index >= 15 is 0 Å². The van der Waals surface area contributed by atoms with Crippen molar-refractivity contribution in [2.45, 2.75) is 45.4 Å². The van der Waals surface area contributed by atoms with Crippen molar-refractivity contribution in [3.8, 4) is 0 Å². The van der Waals surface area contributed by atoms with Crippen LogP contribution in [0.25, 0.3) is 0 Å². The molecule has 0 N–H and O–H groups in total. The summed E-state index contributed by atoms with van der Waals surface area (Å²) < 4.78 is 0. The molecular formula is C14H19. The lowest BCUT2D eigenvalue weighted by Gasteiger charge is -2.24. The van der Waals surface area contributed by atoms with Crippen LogP contribution >= 0.6 is 0 Å². The lowest BCUT2D eigenvalue weighted by atomic mass is 9.80. The third-order valence-corrected chi connectivity index (χ3v) is 3.16. The summed E-state index contributed by atoms with van der Waals surface area (Å²) in [6.07, 6.45) is 7.95. The smallest absolute Gasteiger partial charge is 0.00527 e. The number of fused-ring (bicyclic) bond motifs is 1. The Morgan fingerprint density at radius 2 is 2.00 bits per heavy atom. The van der Waals surface area contributed by atoms with Gasteiger partial charge in [-0.2, -0.15) is 0 Å². The fraction of sp³-hybridized carbons (Fsp3) is 0.500. The average Bonchev–Trinajstić information content (AvgIpc) is 2.26. The number of hydrogen-bond donors (Lipinski definition) is 0. The molecule has 0 unspecified atom stereocenters. The second-order valence-electron chi connectivity index (χ2n) is 4.22. The van der Waals surface area contributed by atoms with Gasteiger partial charge in [0.15, 0.2) is 0 Å². The minimum absolute atomic E-state index is 1.28. The topological polar surface area (TPSA) is 0 Å². The maximum Gasteiger partial charge on any atom is 0.00527 e. The van der Waals surface area contributed by atoms with Crippen LogP contribution in [0.5, 0.6) is 0 Å². The van der Waals surface area contributed by atoms with E-state index in [1.54, 1.807) is 17.0 Å². The van der Waals surface area contributed by atoms with Crippen molar-refractivity contribution in [2.24, 2.45) is 0 Å². The van der Waals surface area contributed by atoms with Gasteiger partial charge in [0.25, 0.3) is 0 Å². The fourth-order valence-electron chi connectivity index (χ4n) is 2.36. The van der Waals surface area contributed by atoms with Crippen molar-refractivity contribution < 1.29 is 0 Å².